The van der Waals surface area contributed by atoms with Crippen LogP contribution in [0.15, 0.2) is 0 Å². The minimum atomic E-state index is -4.05. The van der Waals surface area contributed by atoms with Gasteiger partial charge in [-0.25, -0.2) is 0 Å². The Morgan fingerprint density at radius 1 is 1.25 bits per heavy atom. The van der Waals surface area contributed by atoms with Crippen LogP contribution in [0.3, 0.4) is 0 Å². The molecule has 0 saturated heterocycles. The molecule has 0 aromatic rings. The van der Waals surface area contributed by atoms with Gasteiger partial charge < -0.3 is 5.32 Å². The first-order valence-electron chi connectivity index (χ1n) is 6.04. The molecule has 5 heteroatoms. The molecule has 1 N–H and O–H groups in total. The summed E-state index contributed by atoms with van der Waals surface area (Å²) in [4.78, 5) is 1.59. The van der Waals surface area contributed by atoms with Crippen molar-refractivity contribution < 1.29 is 13.2 Å². The fraction of sp³-hybridized carbons (Fsp3) is 1.00. The van der Waals surface area contributed by atoms with Gasteiger partial charge in [0.2, 0.25) is 0 Å². The van der Waals surface area contributed by atoms with Gasteiger partial charge in [0.25, 0.3) is 0 Å². The molecule has 0 aromatic carbocycles. The molecule has 0 unspecified atom stereocenters. The first-order chi connectivity index (χ1) is 7.53. The summed E-state index contributed by atoms with van der Waals surface area (Å²) in [6.07, 6.45) is -0.384. The van der Waals surface area contributed by atoms with E-state index >= 15 is 0 Å². The maximum Gasteiger partial charge on any atom is 0.401 e. The highest BCUT2D eigenvalue weighted by atomic mass is 19.4. The van der Waals surface area contributed by atoms with Crippen LogP contribution in [-0.2, 0) is 0 Å². The highest BCUT2D eigenvalue weighted by Crippen LogP contribution is 2.30. The minimum absolute atomic E-state index is 0.195. The summed E-state index contributed by atoms with van der Waals surface area (Å²) in [5, 5.41) is 3.17. The summed E-state index contributed by atoms with van der Waals surface area (Å²) in [5.74, 6) is 0. The quantitative estimate of drug-likeness (QED) is 0.653. The molecule has 1 aliphatic carbocycles. The van der Waals surface area contributed by atoms with Crippen LogP contribution in [0.2, 0.25) is 0 Å². The second kappa shape index (κ2) is 6.45. The van der Waals surface area contributed by atoms with Crippen molar-refractivity contribution in [2.24, 2.45) is 0 Å². The molecule has 0 aliphatic heterocycles. The van der Waals surface area contributed by atoms with Gasteiger partial charge in [-0.15, -0.1) is 0 Å². The summed E-state index contributed by atoms with van der Waals surface area (Å²) >= 11 is 0. The maximum atomic E-state index is 12.3. The Hall–Kier alpha value is -0.290. The van der Waals surface area contributed by atoms with E-state index in [1.807, 2.05) is 6.92 Å². The van der Waals surface area contributed by atoms with E-state index in [4.69, 9.17) is 0 Å². The average molecular weight is 238 g/mol. The number of nitrogens with one attached hydrogen (secondary N) is 1. The Kier molecular flexibility index (Phi) is 5.55. The number of hydrogen-bond acceptors (Lipinski definition) is 2. The van der Waals surface area contributed by atoms with Crippen LogP contribution in [0.5, 0.6) is 0 Å². The Balaban J connectivity index is 2.13. The van der Waals surface area contributed by atoms with Crippen molar-refractivity contribution in [1.82, 2.24) is 10.2 Å². The van der Waals surface area contributed by atoms with Crippen molar-refractivity contribution in [2.45, 2.75) is 44.8 Å². The number of unbranched alkanes of at least 4 members (excludes halogenated alkanes) is 1. The van der Waals surface area contributed by atoms with Gasteiger partial charge in [-0.2, -0.15) is 13.2 Å². The van der Waals surface area contributed by atoms with Crippen molar-refractivity contribution in [3.8, 4) is 0 Å². The van der Waals surface area contributed by atoms with E-state index in [-0.39, 0.29) is 6.04 Å². The monoisotopic (exact) mass is 238 g/mol. The predicted molar refractivity (Wildman–Crippen MR) is 58.4 cm³/mol. The second-order valence-corrected chi connectivity index (χ2v) is 4.38. The van der Waals surface area contributed by atoms with Gasteiger partial charge in [0.05, 0.1) is 6.54 Å². The third-order valence-electron chi connectivity index (χ3n) is 2.74. The number of halogens is 3. The molecule has 0 atom stereocenters. The van der Waals surface area contributed by atoms with Gasteiger partial charge in [0.1, 0.15) is 0 Å². The lowest BCUT2D eigenvalue weighted by Gasteiger charge is -2.23. The molecule has 96 valence electrons. The zero-order valence-electron chi connectivity index (χ0n) is 9.82. The van der Waals surface area contributed by atoms with Crippen molar-refractivity contribution in [1.29, 1.82) is 0 Å². The van der Waals surface area contributed by atoms with Crippen LogP contribution >= 0.6 is 0 Å². The number of hydrogen-bond donors (Lipinski definition) is 1. The van der Waals surface area contributed by atoms with Crippen molar-refractivity contribution >= 4 is 0 Å². The van der Waals surface area contributed by atoms with Gasteiger partial charge in [-0.3, -0.25) is 4.90 Å². The lowest BCUT2D eigenvalue weighted by Crippen LogP contribution is -2.36. The average Bonchev–Trinajstić information content (AvgIpc) is 2.97. The van der Waals surface area contributed by atoms with E-state index in [9.17, 15) is 13.2 Å². The zero-order valence-corrected chi connectivity index (χ0v) is 9.82. The summed E-state index contributed by atoms with van der Waals surface area (Å²) in [5.41, 5.74) is 0. The van der Waals surface area contributed by atoms with Gasteiger partial charge in [-0.05, 0) is 45.3 Å². The molecule has 0 radical (unpaired) electrons. The van der Waals surface area contributed by atoms with Crippen LogP contribution in [0.4, 0.5) is 13.2 Å². The molecule has 1 aliphatic rings. The van der Waals surface area contributed by atoms with Gasteiger partial charge in [0, 0.05) is 6.04 Å². The molecule has 0 bridgehead atoms. The van der Waals surface area contributed by atoms with Crippen LogP contribution in [0, 0.1) is 0 Å². The Morgan fingerprint density at radius 3 is 2.44 bits per heavy atom. The molecule has 0 heterocycles. The molecule has 1 saturated carbocycles. The summed E-state index contributed by atoms with van der Waals surface area (Å²) in [7, 11) is 0. The van der Waals surface area contributed by atoms with E-state index in [0.29, 0.717) is 6.54 Å². The summed E-state index contributed by atoms with van der Waals surface area (Å²) in [6.45, 7) is 3.70. The molecule has 1 rings (SSSR count). The molecule has 1 fully saturated rings. The summed E-state index contributed by atoms with van der Waals surface area (Å²) < 4.78 is 36.8. The molecule has 16 heavy (non-hydrogen) atoms. The number of nitrogens with zero attached hydrogens (tertiary/aromatic N) is 1. The third kappa shape index (κ3) is 6.33. The highest BCUT2D eigenvalue weighted by molar-refractivity contribution is 4.85. The Morgan fingerprint density at radius 2 is 1.94 bits per heavy atom. The molecule has 2 nitrogen and oxygen atoms in total. The minimum Gasteiger partial charge on any atom is -0.317 e. The molecule has 0 spiro atoms. The Bertz CT molecular complexity index is 190. The first-order valence-corrected chi connectivity index (χ1v) is 6.04. The lowest BCUT2D eigenvalue weighted by atomic mass is 10.2. The first kappa shape index (κ1) is 13.8. The second-order valence-electron chi connectivity index (χ2n) is 4.38. The molecular formula is C11H21F3N2. The van der Waals surface area contributed by atoms with Gasteiger partial charge in [0.15, 0.2) is 0 Å². The molecule has 0 amide bonds. The maximum absolute atomic E-state index is 12.3. The van der Waals surface area contributed by atoms with Crippen LogP contribution in [-0.4, -0.2) is 43.3 Å². The predicted octanol–water partition coefficient (Wildman–Crippen LogP) is 2.40. The SMILES string of the molecule is CCNCCCCN(CC(F)(F)F)C1CC1. The normalized spacial score (nSPS) is 17.1. The standard InChI is InChI=1S/C11H21F3N2/c1-2-15-7-3-4-8-16(10-5-6-10)9-11(12,13)14/h10,15H,2-9H2,1H3. The van der Waals surface area contributed by atoms with E-state index in [2.05, 4.69) is 5.32 Å². The highest BCUT2D eigenvalue weighted by Gasteiger charge is 2.37. The Labute approximate surface area is 95.2 Å². The fourth-order valence-corrected chi connectivity index (χ4v) is 1.80. The van der Waals surface area contributed by atoms with E-state index in [0.717, 1.165) is 38.8 Å². The van der Waals surface area contributed by atoms with Crippen molar-refractivity contribution in [3.05, 3.63) is 0 Å². The summed E-state index contributed by atoms with van der Waals surface area (Å²) in [6, 6.07) is 0.195. The molecular weight excluding hydrogens is 217 g/mol. The van der Waals surface area contributed by atoms with Crippen molar-refractivity contribution in [3.63, 3.8) is 0 Å². The topological polar surface area (TPSA) is 15.3 Å². The van der Waals surface area contributed by atoms with Gasteiger partial charge >= 0.3 is 6.18 Å². The van der Waals surface area contributed by atoms with E-state index in [1.165, 1.54) is 0 Å². The van der Waals surface area contributed by atoms with Crippen LogP contribution in [0.25, 0.3) is 0 Å². The van der Waals surface area contributed by atoms with Crippen LogP contribution < -0.4 is 5.32 Å². The smallest absolute Gasteiger partial charge is 0.317 e. The van der Waals surface area contributed by atoms with E-state index < -0.39 is 12.7 Å². The zero-order chi connectivity index (χ0) is 12.0. The lowest BCUT2D eigenvalue weighted by molar-refractivity contribution is -0.147. The third-order valence-corrected chi connectivity index (χ3v) is 2.74. The fourth-order valence-electron chi connectivity index (χ4n) is 1.80. The van der Waals surface area contributed by atoms with Crippen molar-refractivity contribution in [2.75, 3.05) is 26.2 Å². The number of rotatable bonds is 8. The largest absolute Gasteiger partial charge is 0.401 e. The van der Waals surface area contributed by atoms with Gasteiger partial charge in [-0.1, -0.05) is 6.92 Å². The molecule has 0 aromatic heterocycles. The van der Waals surface area contributed by atoms with Crippen LogP contribution in [0.1, 0.15) is 32.6 Å². The number of alkyl halides is 3. The van der Waals surface area contributed by atoms with E-state index in [1.54, 1.807) is 4.90 Å².